The summed E-state index contributed by atoms with van der Waals surface area (Å²) in [5.41, 5.74) is 5.35. The van der Waals surface area contributed by atoms with Gasteiger partial charge in [-0.25, -0.2) is 0 Å². The van der Waals surface area contributed by atoms with E-state index in [0.29, 0.717) is 0 Å². The molecule has 2 N–H and O–H groups in total. The second-order valence-electron chi connectivity index (χ2n) is 7.93. The Labute approximate surface area is 147 Å². The minimum atomic E-state index is -0.722. The number of rotatable bonds is 2. The third-order valence-electron chi connectivity index (χ3n) is 5.67. The molecule has 0 saturated carbocycles. The van der Waals surface area contributed by atoms with E-state index in [-0.39, 0.29) is 11.3 Å². The first-order chi connectivity index (χ1) is 11.9. The molecule has 0 amide bonds. The molecule has 3 nitrogen and oxygen atoms in total. The van der Waals surface area contributed by atoms with Crippen molar-refractivity contribution in [3.05, 3.63) is 70.9 Å². The molecule has 1 aliphatic carbocycles. The molecule has 3 aromatic rings. The highest BCUT2D eigenvalue weighted by Crippen LogP contribution is 2.51. The van der Waals surface area contributed by atoms with Crippen LogP contribution in [-0.4, -0.2) is 16.1 Å². The van der Waals surface area contributed by atoms with Gasteiger partial charge in [0.2, 0.25) is 0 Å². The van der Waals surface area contributed by atoms with Crippen molar-refractivity contribution in [3.63, 3.8) is 0 Å². The summed E-state index contributed by atoms with van der Waals surface area (Å²) in [5.74, 6) is -1.35. The fourth-order valence-electron chi connectivity index (χ4n) is 4.47. The maximum atomic E-state index is 12.2. The lowest BCUT2D eigenvalue weighted by molar-refractivity contribution is -0.147. The van der Waals surface area contributed by atoms with Crippen LogP contribution in [0.1, 0.15) is 42.1 Å². The zero-order valence-corrected chi connectivity index (χ0v) is 14.8. The van der Waals surface area contributed by atoms with E-state index >= 15 is 0 Å². The predicted molar refractivity (Wildman–Crippen MR) is 99.9 cm³/mol. The number of aryl methyl sites for hydroxylation is 1. The number of carboxylic acids is 1. The molecule has 0 bridgehead atoms. The summed E-state index contributed by atoms with van der Waals surface area (Å²) in [4.78, 5) is 15.8. The third kappa shape index (κ3) is 2.46. The second kappa shape index (κ2) is 5.48. The van der Waals surface area contributed by atoms with Crippen molar-refractivity contribution in [3.8, 4) is 0 Å². The molecule has 0 fully saturated rings. The lowest BCUT2D eigenvalue weighted by Gasteiger charge is -2.41. The lowest BCUT2D eigenvalue weighted by atomic mass is 9.61. The SMILES string of the molecule is Cc1ccc([C@H]2c3[nH]c4ccccc4c3CC(C)(C)[C@@H]2C(=O)O)cc1. The van der Waals surface area contributed by atoms with E-state index in [2.05, 4.69) is 62.2 Å². The minimum Gasteiger partial charge on any atom is -0.481 e. The van der Waals surface area contributed by atoms with E-state index in [1.807, 2.05) is 12.1 Å². The number of benzene rings is 2. The van der Waals surface area contributed by atoms with E-state index in [1.165, 1.54) is 16.5 Å². The van der Waals surface area contributed by atoms with Gasteiger partial charge in [0, 0.05) is 22.5 Å². The molecule has 0 aliphatic heterocycles. The van der Waals surface area contributed by atoms with Gasteiger partial charge in [-0.05, 0) is 36.0 Å². The van der Waals surface area contributed by atoms with Crippen LogP contribution in [-0.2, 0) is 11.2 Å². The van der Waals surface area contributed by atoms with Gasteiger partial charge in [0.15, 0.2) is 0 Å². The smallest absolute Gasteiger partial charge is 0.308 e. The number of fused-ring (bicyclic) bond motifs is 3. The van der Waals surface area contributed by atoms with Gasteiger partial charge in [0.25, 0.3) is 0 Å². The van der Waals surface area contributed by atoms with E-state index in [0.717, 1.165) is 23.2 Å². The van der Waals surface area contributed by atoms with Crippen molar-refractivity contribution in [1.29, 1.82) is 0 Å². The van der Waals surface area contributed by atoms with Crippen LogP contribution in [0.15, 0.2) is 48.5 Å². The summed E-state index contributed by atoms with van der Waals surface area (Å²) < 4.78 is 0. The van der Waals surface area contributed by atoms with Crippen molar-refractivity contribution < 1.29 is 9.90 Å². The molecule has 2 aromatic carbocycles. The van der Waals surface area contributed by atoms with Gasteiger partial charge in [-0.2, -0.15) is 0 Å². The number of nitrogens with one attached hydrogen (secondary N) is 1. The molecule has 25 heavy (non-hydrogen) atoms. The quantitative estimate of drug-likeness (QED) is 0.701. The Hall–Kier alpha value is -2.55. The Morgan fingerprint density at radius 1 is 1.12 bits per heavy atom. The Morgan fingerprint density at radius 3 is 2.48 bits per heavy atom. The fraction of sp³-hybridized carbons (Fsp3) is 0.318. The van der Waals surface area contributed by atoms with Crippen LogP contribution in [0.5, 0.6) is 0 Å². The summed E-state index contributed by atoms with van der Waals surface area (Å²) in [6.45, 7) is 6.22. The van der Waals surface area contributed by atoms with Crippen molar-refractivity contribution in [2.45, 2.75) is 33.1 Å². The zero-order chi connectivity index (χ0) is 17.8. The number of aliphatic carboxylic acids is 1. The Bertz CT molecular complexity index is 950. The highest BCUT2D eigenvalue weighted by Gasteiger charge is 2.48. The summed E-state index contributed by atoms with van der Waals surface area (Å²) in [5, 5.41) is 11.3. The van der Waals surface area contributed by atoms with Crippen molar-refractivity contribution in [1.82, 2.24) is 4.98 Å². The van der Waals surface area contributed by atoms with Gasteiger partial charge in [-0.15, -0.1) is 0 Å². The monoisotopic (exact) mass is 333 g/mol. The summed E-state index contributed by atoms with van der Waals surface area (Å²) in [6, 6.07) is 16.6. The van der Waals surface area contributed by atoms with Gasteiger partial charge >= 0.3 is 5.97 Å². The second-order valence-corrected chi connectivity index (χ2v) is 7.93. The molecule has 0 spiro atoms. The van der Waals surface area contributed by atoms with E-state index in [1.54, 1.807) is 0 Å². The number of hydrogen-bond donors (Lipinski definition) is 2. The Kier molecular flexibility index (Phi) is 3.50. The van der Waals surface area contributed by atoms with Crippen LogP contribution in [0, 0.1) is 18.3 Å². The summed E-state index contributed by atoms with van der Waals surface area (Å²) in [6.07, 6.45) is 0.770. The standard InChI is InChI=1S/C22H23NO2/c1-13-8-10-14(11-9-13)18-19(21(24)25)22(2,3)12-16-15-6-4-5-7-17(15)23-20(16)18/h4-11,18-19,23H,12H2,1-3H3,(H,24,25)/t18-,19+/m1/s1. The van der Waals surface area contributed by atoms with Gasteiger partial charge in [0.05, 0.1) is 5.92 Å². The third-order valence-corrected chi connectivity index (χ3v) is 5.67. The first-order valence-corrected chi connectivity index (χ1v) is 8.77. The largest absolute Gasteiger partial charge is 0.481 e. The van der Waals surface area contributed by atoms with Gasteiger partial charge in [-0.3, -0.25) is 4.79 Å². The van der Waals surface area contributed by atoms with Crippen molar-refractivity contribution >= 4 is 16.9 Å². The topological polar surface area (TPSA) is 53.1 Å². The highest BCUT2D eigenvalue weighted by atomic mass is 16.4. The molecule has 0 saturated heterocycles. The van der Waals surface area contributed by atoms with E-state index < -0.39 is 11.9 Å². The van der Waals surface area contributed by atoms with Crippen LogP contribution < -0.4 is 0 Å². The lowest BCUT2D eigenvalue weighted by Crippen LogP contribution is -2.41. The normalized spacial score (nSPS) is 21.9. The Balaban J connectivity index is 2.00. The van der Waals surface area contributed by atoms with Gasteiger partial charge < -0.3 is 10.1 Å². The Morgan fingerprint density at radius 2 is 1.80 bits per heavy atom. The molecular weight excluding hydrogens is 310 g/mol. The molecule has 4 rings (SSSR count). The number of aromatic amines is 1. The molecule has 128 valence electrons. The van der Waals surface area contributed by atoms with Crippen molar-refractivity contribution in [2.75, 3.05) is 0 Å². The highest BCUT2D eigenvalue weighted by molar-refractivity contribution is 5.87. The number of carbonyl (C=O) groups is 1. The minimum absolute atomic E-state index is 0.163. The van der Waals surface area contributed by atoms with Crippen LogP contribution in [0.2, 0.25) is 0 Å². The molecule has 1 aromatic heterocycles. The van der Waals surface area contributed by atoms with Crippen LogP contribution in [0.3, 0.4) is 0 Å². The van der Waals surface area contributed by atoms with E-state index in [4.69, 9.17) is 0 Å². The molecule has 0 unspecified atom stereocenters. The first-order valence-electron chi connectivity index (χ1n) is 8.77. The molecule has 2 atom stereocenters. The number of H-pyrrole nitrogens is 1. The van der Waals surface area contributed by atoms with Gasteiger partial charge in [-0.1, -0.05) is 61.9 Å². The number of hydrogen-bond acceptors (Lipinski definition) is 1. The summed E-state index contributed by atoms with van der Waals surface area (Å²) in [7, 11) is 0. The predicted octanol–water partition coefficient (Wildman–Crippen LogP) is 4.89. The fourth-order valence-corrected chi connectivity index (χ4v) is 4.47. The molecule has 3 heteroatoms. The number of aromatic nitrogens is 1. The zero-order valence-electron chi connectivity index (χ0n) is 14.8. The molecule has 1 aliphatic rings. The average Bonchev–Trinajstić information content (AvgIpc) is 2.91. The van der Waals surface area contributed by atoms with E-state index in [9.17, 15) is 9.90 Å². The number of para-hydroxylation sites is 1. The molecule has 1 heterocycles. The molecular formula is C22H23NO2. The van der Waals surface area contributed by atoms with Crippen molar-refractivity contribution in [2.24, 2.45) is 11.3 Å². The molecule has 0 radical (unpaired) electrons. The summed E-state index contributed by atoms with van der Waals surface area (Å²) >= 11 is 0. The maximum absolute atomic E-state index is 12.2. The van der Waals surface area contributed by atoms with Crippen LogP contribution in [0.25, 0.3) is 10.9 Å². The maximum Gasteiger partial charge on any atom is 0.308 e. The van der Waals surface area contributed by atoms with Crippen LogP contribution >= 0.6 is 0 Å². The number of carboxylic acid groups (broad SMARTS) is 1. The van der Waals surface area contributed by atoms with Crippen LogP contribution in [0.4, 0.5) is 0 Å². The first kappa shape index (κ1) is 15.9. The van der Waals surface area contributed by atoms with Gasteiger partial charge in [0.1, 0.15) is 0 Å². The average molecular weight is 333 g/mol.